The lowest BCUT2D eigenvalue weighted by molar-refractivity contribution is 0.0900. The van der Waals surface area contributed by atoms with Crippen molar-refractivity contribution in [2.75, 3.05) is 19.8 Å². The molecule has 0 aromatic heterocycles. The number of fused-ring (bicyclic) bond motifs is 1. The fraction of sp³-hybridized carbons (Fsp3) is 0.625. The van der Waals surface area contributed by atoms with Crippen LogP contribution in [0.3, 0.4) is 0 Å². The summed E-state index contributed by atoms with van der Waals surface area (Å²) in [6.45, 7) is 7.12. The van der Waals surface area contributed by atoms with E-state index in [2.05, 4.69) is 37.4 Å². The SMILES string of the molecule is CC(C)NCC1CCOC1c1ccc2c(c1)CCO2. The van der Waals surface area contributed by atoms with E-state index in [4.69, 9.17) is 9.47 Å². The first kappa shape index (κ1) is 12.9. The van der Waals surface area contributed by atoms with Gasteiger partial charge in [-0.25, -0.2) is 0 Å². The molecule has 1 fully saturated rings. The summed E-state index contributed by atoms with van der Waals surface area (Å²) in [5.41, 5.74) is 2.65. The van der Waals surface area contributed by atoms with E-state index in [-0.39, 0.29) is 6.10 Å². The third-order valence-corrected chi connectivity index (χ3v) is 4.04. The summed E-state index contributed by atoms with van der Waals surface area (Å²) in [6.07, 6.45) is 2.43. The molecule has 104 valence electrons. The molecule has 1 saturated heterocycles. The van der Waals surface area contributed by atoms with Crippen LogP contribution in [0.15, 0.2) is 18.2 Å². The Morgan fingerprint density at radius 1 is 1.32 bits per heavy atom. The third kappa shape index (κ3) is 2.77. The predicted molar refractivity (Wildman–Crippen MR) is 75.6 cm³/mol. The van der Waals surface area contributed by atoms with Gasteiger partial charge in [0.05, 0.1) is 12.7 Å². The normalized spacial score (nSPS) is 25.6. The van der Waals surface area contributed by atoms with Crippen molar-refractivity contribution in [2.24, 2.45) is 5.92 Å². The summed E-state index contributed by atoms with van der Waals surface area (Å²) in [7, 11) is 0. The van der Waals surface area contributed by atoms with Crippen molar-refractivity contribution in [2.45, 2.75) is 38.8 Å². The van der Waals surface area contributed by atoms with Crippen molar-refractivity contribution in [3.05, 3.63) is 29.3 Å². The van der Waals surface area contributed by atoms with Crippen LogP contribution < -0.4 is 10.1 Å². The van der Waals surface area contributed by atoms with Gasteiger partial charge in [0.2, 0.25) is 0 Å². The molecule has 0 aliphatic carbocycles. The van der Waals surface area contributed by atoms with E-state index in [0.717, 1.165) is 38.3 Å². The molecule has 0 saturated carbocycles. The molecule has 0 radical (unpaired) electrons. The molecule has 3 nitrogen and oxygen atoms in total. The molecule has 0 bridgehead atoms. The molecule has 0 amide bonds. The summed E-state index contributed by atoms with van der Waals surface area (Å²) in [4.78, 5) is 0. The molecule has 19 heavy (non-hydrogen) atoms. The minimum absolute atomic E-state index is 0.247. The largest absolute Gasteiger partial charge is 0.493 e. The Morgan fingerprint density at radius 3 is 3.05 bits per heavy atom. The summed E-state index contributed by atoms with van der Waals surface area (Å²) < 4.78 is 11.5. The average molecular weight is 261 g/mol. The molecule has 1 aromatic carbocycles. The minimum atomic E-state index is 0.247. The number of hydrogen-bond acceptors (Lipinski definition) is 3. The van der Waals surface area contributed by atoms with E-state index >= 15 is 0 Å². The second kappa shape index (κ2) is 5.51. The maximum atomic E-state index is 5.96. The topological polar surface area (TPSA) is 30.5 Å². The van der Waals surface area contributed by atoms with Gasteiger partial charge in [-0.2, -0.15) is 0 Å². The van der Waals surface area contributed by atoms with Gasteiger partial charge in [0.25, 0.3) is 0 Å². The first-order valence-electron chi connectivity index (χ1n) is 7.34. The van der Waals surface area contributed by atoms with Gasteiger partial charge in [-0.15, -0.1) is 0 Å². The zero-order chi connectivity index (χ0) is 13.2. The summed E-state index contributed by atoms with van der Waals surface area (Å²) in [5.74, 6) is 1.64. The molecule has 2 aliphatic heterocycles. The number of rotatable bonds is 4. The monoisotopic (exact) mass is 261 g/mol. The lowest BCUT2D eigenvalue weighted by Gasteiger charge is -2.21. The standard InChI is InChI=1S/C16H23NO2/c1-11(2)17-10-14-6-8-19-16(14)13-3-4-15-12(9-13)5-7-18-15/h3-4,9,11,14,16-17H,5-8,10H2,1-2H3. The van der Waals surface area contributed by atoms with Crippen LogP contribution in [-0.2, 0) is 11.2 Å². The lowest BCUT2D eigenvalue weighted by Crippen LogP contribution is -2.30. The van der Waals surface area contributed by atoms with Crippen LogP contribution in [0.2, 0.25) is 0 Å². The second-order valence-electron chi connectivity index (χ2n) is 5.87. The Kier molecular flexibility index (Phi) is 3.76. The first-order chi connectivity index (χ1) is 9.24. The van der Waals surface area contributed by atoms with Crippen molar-refractivity contribution in [3.63, 3.8) is 0 Å². The maximum Gasteiger partial charge on any atom is 0.122 e. The van der Waals surface area contributed by atoms with Crippen LogP contribution in [0, 0.1) is 5.92 Å². The van der Waals surface area contributed by atoms with Crippen LogP contribution in [0.25, 0.3) is 0 Å². The van der Waals surface area contributed by atoms with Crippen molar-refractivity contribution in [3.8, 4) is 5.75 Å². The zero-order valence-corrected chi connectivity index (χ0v) is 11.8. The molecule has 0 spiro atoms. The predicted octanol–water partition coefficient (Wildman–Crippen LogP) is 2.70. The van der Waals surface area contributed by atoms with Gasteiger partial charge in [0.15, 0.2) is 0 Å². The van der Waals surface area contributed by atoms with Crippen molar-refractivity contribution in [1.29, 1.82) is 0 Å². The minimum Gasteiger partial charge on any atom is -0.493 e. The van der Waals surface area contributed by atoms with Gasteiger partial charge in [-0.1, -0.05) is 19.9 Å². The highest BCUT2D eigenvalue weighted by molar-refractivity contribution is 5.40. The van der Waals surface area contributed by atoms with E-state index in [9.17, 15) is 0 Å². The van der Waals surface area contributed by atoms with E-state index in [1.54, 1.807) is 0 Å². The van der Waals surface area contributed by atoms with Crippen LogP contribution in [0.5, 0.6) is 5.75 Å². The summed E-state index contributed by atoms with van der Waals surface area (Å²) in [6, 6.07) is 7.09. The van der Waals surface area contributed by atoms with Gasteiger partial charge in [0.1, 0.15) is 5.75 Å². The Labute approximate surface area is 115 Å². The van der Waals surface area contributed by atoms with Crippen LogP contribution in [0.1, 0.15) is 37.5 Å². The molecule has 1 aromatic rings. The van der Waals surface area contributed by atoms with Crippen molar-refractivity contribution in [1.82, 2.24) is 5.32 Å². The van der Waals surface area contributed by atoms with Gasteiger partial charge in [-0.3, -0.25) is 0 Å². The number of nitrogens with one attached hydrogen (secondary N) is 1. The molecule has 2 unspecified atom stereocenters. The van der Waals surface area contributed by atoms with Gasteiger partial charge < -0.3 is 14.8 Å². The number of hydrogen-bond donors (Lipinski definition) is 1. The molecule has 2 aliphatic rings. The van der Waals surface area contributed by atoms with Crippen LogP contribution in [-0.4, -0.2) is 25.8 Å². The molecule has 2 heterocycles. The first-order valence-corrected chi connectivity index (χ1v) is 7.34. The van der Waals surface area contributed by atoms with Gasteiger partial charge >= 0.3 is 0 Å². The fourth-order valence-corrected chi connectivity index (χ4v) is 2.98. The molecular formula is C16H23NO2. The van der Waals surface area contributed by atoms with Gasteiger partial charge in [-0.05, 0) is 29.7 Å². The van der Waals surface area contributed by atoms with E-state index in [1.165, 1.54) is 11.1 Å². The third-order valence-electron chi connectivity index (χ3n) is 4.04. The van der Waals surface area contributed by atoms with Crippen molar-refractivity contribution >= 4 is 0 Å². The Morgan fingerprint density at radius 2 is 2.21 bits per heavy atom. The molecule has 3 rings (SSSR count). The number of benzene rings is 1. The Hall–Kier alpha value is -1.06. The molecule has 2 atom stereocenters. The summed E-state index contributed by atoms with van der Waals surface area (Å²) >= 11 is 0. The molecule has 1 N–H and O–H groups in total. The lowest BCUT2D eigenvalue weighted by atomic mass is 9.93. The Bertz CT molecular complexity index is 444. The van der Waals surface area contributed by atoms with Crippen LogP contribution >= 0.6 is 0 Å². The quantitative estimate of drug-likeness (QED) is 0.904. The van der Waals surface area contributed by atoms with Crippen molar-refractivity contribution < 1.29 is 9.47 Å². The average Bonchev–Trinajstić information content (AvgIpc) is 3.04. The maximum absolute atomic E-state index is 5.96. The highest BCUT2D eigenvalue weighted by atomic mass is 16.5. The highest BCUT2D eigenvalue weighted by Crippen LogP contribution is 2.37. The van der Waals surface area contributed by atoms with E-state index < -0.39 is 0 Å². The van der Waals surface area contributed by atoms with Gasteiger partial charge in [0, 0.05) is 31.5 Å². The van der Waals surface area contributed by atoms with E-state index in [1.807, 2.05) is 0 Å². The summed E-state index contributed by atoms with van der Waals surface area (Å²) in [5, 5.41) is 3.53. The Balaban J connectivity index is 1.73. The second-order valence-corrected chi connectivity index (χ2v) is 5.87. The molecular weight excluding hydrogens is 238 g/mol. The highest BCUT2D eigenvalue weighted by Gasteiger charge is 2.30. The zero-order valence-electron chi connectivity index (χ0n) is 11.8. The van der Waals surface area contributed by atoms with E-state index in [0.29, 0.717) is 12.0 Å². The fourth-order valence-electron chi connectivity index (χ4n) is 2.98. The smallest absolute Gasteiger partial charge is 0.122 e. The molecule has 3 heteroatoms. The van der Waals surface area contributed by atoms with Crippen LogP contribution in [0.4, 0.5) is 0 Å². The number of ether oxygens (including phenoxy) is 2.